The Morgan fingerprint density at radius 1 is 0.762 bits per heavy atom. The van der Waals surface area contributed by atoms with Crippen molar-refractivity contribution < 1.29 is 4.79 Å². The minimum Gasteiger partial charge on any atom is -0.343 e. The van der Waals surface area contributed by atoms with E-state index in [1.54, 1.807) is 0 Å². The maximum Gasteiger partial charge on any atom is 0.222 e. The lowest BCUT2D eigenvalue weighted by molar-refractivity contribution is -0.127. The maximum atomic E-state index is 11.4. The summed E-state index contributed by atoms with van der Waals surface area (Å²) in [5.41, 5.74) is 0. The second-order valence-electron chi connectivity index (χ2n) is 6.73. The molecule has 0 spiro atoms. The van der Waals surface area contributed by atoms with Gasteiger partial charge in [0.25, 0.3) is 0 Å². The number of rotatable bonds is 14. The first-order valence-electron chi connectivity index (χ1n) is 9.62. The highest BCUT2D eigenvalue weighted by atomic mass is 16.2. The summed E-state index contributed by atoms with van der Waals surface area (Å²) in [4.78, 5) is 13.5. The lowest BCUT2D eigenvalue weighted by atomic mass is 10.0. The Morgan fingerprint density at radius 2 is 1.24 bits per heavy atom. The van der Waals surface area contributed by atoms with Crippen LogP contribution in [0.2, 0.25) is 0 Å². The van der Waals surface area contributed by atoms with Gasteiger partial charge in [-0.15, -0.1) is 0 Å². The molecular formula is C19H37NO. The molecule has 1 amide bonds. The normalized spacial score (nSPS) is 15.1. The van der Waals surface area contributed by atoms with E-state index in [0.29, 0.717) is 5.91 Å². The van der Waals surface area contributed by atoms with E-state index in [0.717, 1.165) is 25.9 Å². The van der Waals surface area contributed by atoms with Crippen LogP contribution >= 0.6 is 0 Å². The minimum absolute atomic E-state index is 0.383. The van der Waals surface area contributed by atoms with Crippen LogP contribution in [0, 0.1) is 0 Å². The van der Waals surface area contributed by atoms with Gasteiger partial charge in [0.2, 0.25) is 5.91 Å². The number of hydrogen-bond acceptors (Lipinski definition) is 1. The Hall–Kier alpha value is -0.530. The summed E-state index contributed by atoms with van der Waals surface area (Å²) in [7, 11) is 0. The first kappa shape index (κ1) is 18.5. The average molecular weight is 296 g/mol. The molecule has 1 fully saturated rings. The summed E-state index contributed by atoms with van der Waals surface area (Å²) in [6, 6.07) is 0. The standard InChI is InChI=1S/C19H37NO/c1-2-3-4-5-6-7-8-9-10-11-12-13-14-17-20-18-15-16-19(20)21/h2-18H2,1H3. The van der Waals surface area contributed by atoms with Gasteiger partial charge in [-0.25, -0.2) is 0 Å². The van der Waals surface area contributed by atoms with Crippen LogP contribution < -0.4 is 0 Å². The first-order valence-corrected chi connectivity index (χ1v) is 9.62. The number of amides is 1. The number of nitrogens with zero attached hydrogens (tertiary/aromatic N) is 1. The van der Waals surface area contributed by atoms with Gasteiger partial charge in [0, 0.05) is 19.5 Å². The highest BCUT2D eigenvalue weighted by Crippen LogP contribution is 2.14. The molecule has 0 N–H and O–H groups in total. The molecule has 0 unspecified atom stereocenters. The Morgan fingerprint density at radius 3 is 1.67 bits per heavy atom. The molecule has 0 aromatic carbocycles. The molecule has 1 aliphatic rings. The van der Waals surface area contributed by atoms with Gasteiger partial charge in [-0.3, -0.25) is 4.79 Å². The molecule has 0 bridgehead atoms. The smallest absolute Gasteiger partial charge is 0.222 e. The average Bonchev–Trinajstić information content (AvgIpc) is 2.89. The van der Waals surface area contributed by atoms with Gasteiger partial charge in [-0.05, 0) is 12.8 Å². The predicted octanol–water partition coefficient (Wildman–Crippen LogP) is 5.70. The summed E-state index contributed by atoms with van der Waals surface area (Å²) in [5, 5.41) is 0. The number of unbranched alkanes of at least 4 members (excludes halogenated alkanes) is 12. The molecule has 0 aromatic heterocycles. The van der Waals surface area contributed by atoms with E-state index in [1.807, 2.05) is 0 Å². The third-order valence-corrected chi connectivity index (χ3v) is 4.70. The molecule has 1 rings (SSSR count). The van der Waals surface area contributed by atoms with Crippen LogP contribution in [0.3, 0.4) is 0 Å². The lowest BCUT2D eigenvalue weighted by Gasteiger charge is -2.14. The van der Waals surface area contributed by atoms with E-state index in [-0.39, 0.29) is 0 Å². The van der Waals surface area contributed by atoms with Crippen LogP contribution in [0.15, 0.2) is 0 Å². The van der Waals surface area contributed by atoms with E-state index in [9.17, 15) is 4.79 Å². The topological polar surface area (TPSA) is 20.3 Å². The molecule has 1 heterocycles. The molecule has 2 nitrogen and oxygen atoms in total. The van der Waals surface area contributed by atoms with Crippen LogP contribution in [0.5, 0.6) is 0 Å². The van der Waals surface area contributed by atoms with Crippen molar-refractivity contribution in [2.75, 3.05) is 13.1 Å². The summed E-state index contributed by atoms with van der Waals surface area (Å²) in [6.07, 6.45) is 20.0. The third-order valence-electron chi connectivity index (χ3n) is 4.70. The second-order valence-corrected chi connectivity index (χ2v) is 6.73. The fourth-order valence-electron chi connectivity index (χ4n) is 3.26. The van der Waals surface area contributed by atoms with Gasteiger partial charge in [0.05, 0.1) is 0 Å². The maximum absolute atomic E-state index is 11.4. The van der Waals surface area contributed by atoms with Crippen LogP contribution in [-0.2, 0) is 4.79 Å². The van der Waals surface area contributed by atoms with Gasteiger partial charge in [-0.1, -0.05) is 84.0 Å². The lowest BCUT2D eigenvalue weighted by Crippen LogP contribution is -2.25. The SMILES string of the molecule is CCCCCCCCCCCCCCCN1CCCC1=O. The molecule has 21 heavy (non-hydrogen) atoms. The zero-order valence-electron chi connectivity index (χ0n) is 14.4. The van der Waals surface area contributed by atoms with Gasteiger partial charge in [0.15, 0.2) is 0 Å². The van der Waals surface area contributed by atoms with E-state index in [4.69, 9.17) is 0 Å². The number of carbonyl (C=O) groups excluding carboxylic acids is 1. The van der Waals surface area contributed by atoms with E-state index in [2.05, 4.69) is 11.8 Å². The van der Waals surface area contributed by atoms with Crippen molar-refractivity contribution in [3.8, 4) is 0 Å². The highest BCUT2D eigenvalue weighted by Gasteiger charge is 2.18. The fraction of sp³-hybridized carbons (Fsp3) is 0.947. The van der Waals surface area contributed by atoms with Gasteiger partial charge in [0.1, 0.15) is 0 Å². The molecule has 0 aliphatic carbocycles. The van der Waals surface area contributed by atoms with Crippen LogP contribution in [0.1, 0.15) is 103 Å². The third kappa shape index (κ3) is 9.92. The number of carbonyl (C=O) groups is 1. The molecule has 1 saturated heterocycles. The quantitative estimate of drug-likeness (QED) is 0.376. The first-order chi connectivity index (χ1) is 10.3. The Kier molecular flexibility index (Phi) is 11.6. The van der Waals surface area contributed by atoms with Crippen LogP contribution in [-0.4, -0.2) is 23.9 Å². The molecule has 2 heteroatoms. The Bertz CT molecular complexity index is 252. The molecule has 0 atom stereocenters. The van der Waals surface area contributed by atoms with Crippen LogP contribution in [0.4, 0.5) is 0 Å². The van der Waals surface area contributed by atoms with Crippen LogP contribution in [0.25, 0.3) is 0 Å². The summed E-state index contributed by atoms with van der Waals surface area (Å²) < 4.78 is 0. The van der Waals surface area contributed by atoms with E-state index < -0.39 is 0 Å². The van der Waals surface area contributed by atoms with E-state index in [1.165, 1.54) is 83.5 Å². The van der Waals surface area contributed by atoms with Crippen molar-refractivity contribution >= 4 is 5.91 Å². The van der Waals surface area contributed by atoms with E-state index >= 15 is 0 Å². The second kappa shape index (κ2) is 13.2. The van der Waals surface area contributed by atoms with Gasteiger partial charge < -0.3 is 4.90 Å². The minimum atomic E-state index is 0.383. The fourth-order valence-corrected chi connectivity index (χ4v) is 3.26. The van der Waals surface area contributed by atoms with Gasteiger partial charge in [-0.2, -0.15) is 0 Å². The molecule has 1 aliphatic heterocycles. The zero-order valence-corrected chi connectivity index (χ0v) is 14.4. The highest BCUT2D eigenvalue weighted by molar-refractivity contribution is 5.77. The molecular weight excluding hydrogens is 258 g/mol. The summed E-state index contributed by atoms with van der Waals surface area (Å²) in [5.74, 6) is 0.383. The molecule has 124 valence electrons. The van der Waals surface area contributed by atoms with Crippen molar-refractivity contribution in [3.63, 3.8) is 0 Å². The molecule has 0 saturated carbocycles. The predicted molar refractivity (Wildman–Crippen MR) is 91.5 cm³/mol. The zero-order chi connectivity index (χ0) is 15.2. The number of likely N-dealkylation sites (tertiary alicyclic amines) is 1. The Labute approximate surface area is 132 Å². The van der Waals surface area contributed by atoms with Crippen molar-refractivity contribution in [2.45, 2.75) is 103 Å². The summed E-state index contributed by atoms with van der Waals surface area (Å²) in [6.45, 7) is 4.30. The van der Waals surface area contributed by atoms with Gasteiger partial charge >= 0.3 is 0 Å². The van der Waals surface area contributed by atoms with Crippen molar-refractivity contribution in [2.24, 2.45) is 0 Å². The molecule has 0 radical (unpaired) electrons. The summed E-state index contributed by atoms with van der Waals surface area (Å²) >= 11 is 0. The van der Waals surface area contributed by atoms with Crippen molar-refractivity contribution in [1.29, 1.82) is 0 Å². The monoisotopic (exact) mass is 295 g/mol. The number of hydrogen-bond donors (Lipinski definition) is 0. The Balaban J connectivity index is 1.72. The van der Waals surface area contributed by atoms with Crippen molar-refractivity contribution in [3.05, 3.63) is 0 Å². The largest absolute Gasteiger partial charge is 0.343 e. The van der Waals surface area contributed by atoms with Crippen molar-refractivity contribution in [1.82, 2.24) is 4.90 Å². The molecule has 0 aromatic rings.